The van der Waals surface area contributed by atoms with E-state index in [1.807, 2.05) is 31.2 Å². The van der Waals surface area contributed by atoms with Crippen molar-refractivity contribution >= 4 is 17.5 Å². The summed E-state index contributed by atoms with van der Waals surface area (Å²) >= 11 is 0. The highest BCUT2D eigenvalue weighted by molar-refractivity contribution is 6.00. The Kier molecular flexibility index (Phi) is 5.15. The number of hydrogen-bond acceptors (Lipinski definition) is 2. The predicted octanol–water partition coefficient (Wildman–Crippen LogP) is 2.55. The van der Waals surface area contributed by atoms with Crippen LogP contribution in [0.1, 0.15) is 12.0 Å². The standard InChI is InChI=1S/C18H22N2O2/c1-4-9-19(10-5-2)18(22)15-12-17(21)20(13-15)16-8-6-7-14(3)11-16/h4-8,11,15H,1-2,9-10,12-13H2,3H3. The van der Waals surface area contributed by atoms with Crippen LogP contribution in [0, 0.1) is 12.8 Å². The first-order valence-electron chi connectivity index (χ1n) is 7.44. The summed E-state index contributed by atoms with van der Waals surface area (Å²) in [7, 11) is 0. The second-order valence-corrected chi connectivity index (χ2v) is 5.56. The SMILES string of the molecule is C=CCN(CC=C)C(=O)C1CC(=O)N(c2cccc(C)c2)C1. The van der Waals surface area contributed by atoms with E-state index in [4.69, 9.17) is 0 Å². The molecule has 1 atom stereocenters. The second kappa shape index (κ2) is 7.07. The monoisotopic (exact) mass is 298 g/mol. The lowest BCUT2D eigenvalue weighted by molar-refractivity contribution is -0.134. The molecule has 1 aliphatic rings. The smallest absolute Gasteiger partial charge is 0.228 e. The van der Waals surface area contributed by atoms with E-state index in [9.17, 15) is 9.59 Å². The molecular weight excluding hydrogens is 276 g/mol. The number of aryl methyl sites for hydroxylation is 1. The molecule has 22 heavy (non-hydrogen) atoms. The van der Waals surface area contributed by atoms with Gasteiger partial charge in [-0.3, -0.25) is 9.59 Å². The van der Waals surface area contributed by atoms with Gasteiger partial charge in [0.1, 0.15) is 0 Å². The van der Waals surface area contributed by atoms with Crippen LogP contribution in [0.15, 0.2) is 49.6 Å². The van der Waals surface area contributed by atoms with Gasteiger partial charge in [0.25, 0.3) is 0 Å². The lowest BCUT2D eigenvalue weighted by atomic mass is 10.1. The molecule has 1 aliphatic heterocycles. The van der Waals surface area contributed by atoms with Gasteiger partial charge < -0.3 is 9.80 Å². The summed E-state index contributed by atoms with van der Waals surface area (Å²) in [6.07, 6.45) is 3.64. The highest BCUT2D eigenvalue weighted by Crippen LogP contribution is 2.26. The molecule has 1 saturated heterocycles. The van der Waals surface area contributed by atoms with E-state index in [0.717, 1.165) is 11.3 Å². The third kappa shape index (κ3) is 3.45. The van der Waals surface area contributed by atoms with E-state index < -0.39 is 0 Å². The van der Waals surface area contributed by atoms with Gasteiger partial charge in [-0.2, -0.15) is 0 Å². The van der Waals surface area contributed by atoms with Crippen LogP contribution >= 0.6 is 0 Å². The first kappa shape index (κ1) is 16.0. The van der Waals surface area contributed by atoms with Gasteiger partial charge in [0.15, 0.2) is 0 Å². The lowest BCUT2D eigenvalue weighted by Gasteiger charge is -2.23. The first-order chi connectivity index (χ1) is 10.6. The fourth-order valence-electron chi connectivity index (χ4n) is 2.74. The minimum atomic E-state index is -0.298. The molecule has 0 N–H and O–H groups in total. The van der Waals surface area contributed by atoms with Crippen molar-refractivity contribution in [3.05, 3.63) is 55.1 Å². The minimum absolute atomic E-state index is 0.00102. The van der Waals surface area contributed by atoms with Crippen molar-refractivity contribution in [3.63, 3.8) is 0 Å². The molecule has 0 saturated carbocycles. The Balaban J connectivity index is 2.12. The maximum atomic E-state index is 12.6. The Morgan fingerprint density at radius 2 is 2.05 bits per heavy atom. The van der Waals surface area contributed by atoms with Crippen molar-refractivity contribution in [1.29, 1.82) is 0 Å². The first-order valence-corrected chi connectivity index (χ1v) is 7.44. The molecule has 4 heteroatoms. The molecular formula is C18H22N2O2. The zero-order valence-corrected chi connectivity index (χ0v) is 13.0. The Labute approximate surface area is 131 Å². The fraction of sp³-hybridized carbons (Fsp3) is 0.333. The summed E-state index contributed by atoms with van der Waals surface area (Å²) in [4.78, 5) is 28.2. The van der Waals surface area contributed by atoms with Crippen LogP contribution in [0.2, 0.25) is 0 Å². The van der Waals surface area contributed by atoms with Crippen molar-refractivity contribution in [2.45, 2.75) is 13.3 Å². The molecule has 0 aliphatic carbocycles. The van der Waals surface area contributed by atoms with Gasteiger partial charge in [0.05, 0.1) is 5.92 Å². The molecule has 4 nitrogen and oxygen atoms in total. The average Bonchev–Trinajstić information content (AvgIpc) is 2.88. The maximum Gasteiger partial charge on any atom is 0.228 e. The maximum absolute atomic E-state index is 12.6. The van der Waals surface area contributed by atoms with E-state index >= 15 is 0 Å². The zero-order chi connectivity index (χ0) is 16.1. The van der Waals surface area contributed by atoms with E-state index in [0.29, 0.717) is 19.6 Å². The molecule has 1 heterocycles. The predicted molar refractivity (Wildman–Crippen MR) is 88.6 cm³/mol. The van der Waals surface area contributed by atoms with Gasteiger partial charge in [-0.05, 0) is 24.6 Å². The summed E-state index contributed by atoms with van der Waals surface area (Å²) in [5.41, 5.74) is 1.96. The summed E-state index contributed by atoms with van der Waals surface area (Å²) in [6, 6.07) is 7.79. The molecule has 0 radical (unpaired) electrons. The Morgan fingerprint density at radius 3 is 2.64 bits per heavy atom. The van der Waals surface area contributed by atoms with Crippen LogP contribution < -0.4 is 4.90 Å². The third-order valence-electron chi connectivity index (χ3n) is 3.80. The number of hydrogen-bond donors (Lipinski definition) is 0. The lowest BCUT2D eigenvalue weighted by Crippen LogP contribution is -2.37. The molecule has 1 aromatic rings. The van der Waals surface area contributed by atoms with E-state index in [1.165, 1.54) is 0 Å². The van der Waals surface area contributed by atoms with Crippen molar-refractivity contribution in [3.8, 4) is 0 Å². The fourth-order valence-corrected chi connectivity index (χ4v) is 2.74. The normalized spacial score (nSPS) is 17.4. The molecule has 1 fully saturated rings. The number of amides is 2. The van der Waals surface area contributed by atoms with E-state index in [-0.39, 0.29) is 24.2 Å². The van der Waals surface area contributed by atoms with Crippen LogP contribution in [-0.4, -0.2) is 36.3 Å². The van der Waals surface area contributed by atoms with Crippen molar-refractivity contribution in [2.24, 2.45) is 5.92 Å². The van der Waals surface area contributed by atoms with Gasteiger partial charge in [0.2, 0.25) is 11.8 Å². The number of carbonyl (C=O) groups excluding carboxylic acids is 2. The average molecular weight is 298 g/mol. The number of carbonyl (C=O) groups is 2. The van der Waals surface area contributed by atoms with Crippen molar-refractivity contribution in [2.75, 3.05) is 24.5 Å². The number of anilines is 1. The number of nitrogens with zero attached hydrogens (tertiary/aromatic N) is 2. The highest BCUT2D eigenvalue weighted by atomic mass is 16.2. The largest absolute Gasteiger partial charge is 0.335 e. The van der Waals surface area contributed by atoms with Gasteiger partial charge in [0, 0.05) is 31.7 Å². The highest BCUT2D eigenvalue weighted by Gasteiger charge is 2.36. The van der Waals surface area contributed by atoms with Gasteiger partial charge in [-0.15, -0.1) is 13.2 Å². The topological polar surface area (TPSA) is 40.6 Å². The summed E-state index contributed by atoms with van der Waals surface area (Å²) in [5, 5.41) is 0. The Hall–Kier alpha value is -2.36. The van der Waals surface area contributed by atoms with E-state index in [2.05, 4.69) is 13.2 Å². The van der Waals surface area contributed by atoms with Crippen LogP contribution in [0.5, 0.6) is 0 Å². The molecule has 116 valence electrons. The second-order valence-electron chi connectivity index (χ2n) is 5.56. The van der Waals surface area contributed by atoms with Crippen LogP contribution in [0.3, 0.4) is 0 Å². The summed E-state index contributed by atoms with van der Waals surface area (Å²) in [6.45, 7) is 10.7. The Bertz CT molecular complexity index is 585. The van der Waals surface area contributed by atoms with Crippen LogP contribution in [0.4, 0.5) is 5.69 Å². The van der Waals surface area contributed by atoms with Gasteiger partial charge in [-0.1, -0.05) is 24.3 Å². The quantitative estimate of drug-likeness (QED) is 0.757. The van der Waals surface area contributed by atoms with Crippen molar-refractivity contribution in [1.82, 2.24) is 4.90 Å². The molecule has 0 aromatic heterocycles. The van der Waals surface area contributed by atoms with Gasteiger partial charge >= 0.3 is 0 Å². The molecule has 2 rings (SSSR count). The van der Waals surface area contributed by atoms with Crippen LogP contribution in [0.25, 0.3) is 0 Å². The Morgan fingerprint density at radius 1 is 1.36 bits per heavy atom. The van der Waals surface area contributed by atoms with E-state index in [1.54, 1.807) is 22.0 Å². The summed E-state index contributed by atoms with van der Waals surface area (Å²) < 4.78 is 0. The number of rotatable bonds is 6. The summed E-state index contributed by atoms with van der Waals surface area (Å²) in [5.74, 6) is -0.308. The van der Waals surface area contributed by atoms with Crippen LogP contribution in [-0.2, 0) is 9.59 Å². The zero-order valence-electron chi connectivity index (χ0n) is 13.0. The minimum Gasteiger partial charge on any atom is -0.335 e. The third-order valence-corrected chi connectivity index (χ3v) is 3.80. The molecule has 0 bridgehead atoms. The number of benzene rings is 1. The van der Waals surface area contributed by atoms with Crippen molar-refractivity contribution < 1.29 is 9.59 Å². The van der Waals surface area contributed by atoms with Gasteiger partial charge in [-0.25, -0.2) is 0 Å². The molecule has 2 amide bonds. The molecule has 1 unspecified atom stereocenters. The molecule has 0 spiro atoms. The molecule has 1 aromatic carbocycles.